The number of aromatic amines is 1. The molecule has 4 nitrogen and oxygen atoms in total. The van der Waals surface area contributed by atoms with Crippen molar-refractivity contribution in [1.29, 1.82) is 0 Å². The molecule has 1 N–H and O–H groups in total. The first kappa shape index (κ1) is 12.9. The lowest BCUT2D eigenvalue weighted by Crippen LogP contribution is -2.30. The highest BCUT2D eigenvalue weighted by molar-refractivity contribution is 5.91. The first-order valence-electron chi connectivity index (χ1n) is 6.35. The number of carbonyl (C=O) groups is 1. The predicted octanol–water partition coefficient (Wildman–Crippen LogP) is 2.21. The van der Waals surface area contributed by atoms with E-state index in [9.17, 15) is 9.59 Å². The van der Waals surface area contributed by atoms with E-state index < -0.39 is 11.6 Å². The van der Waals surface area contributed by atoms with Crippen LogP contribution in [0.5, 0.6) is 0 Å². The number of fused-ring (bicyclic) bond motifs is 1. The van der Waals surface area contributed by atoms with Gasteiger partial charge in [0.05, 0.1) is 0 Å². The zero-order valence-electron chi connectivity index (χ0n) is 11.1. The lowest BCUT2D eigenvalue weighted by Gasteiger charge is -2.22. The van der Waals surface area contributed by atoms with Crippen molar-refractivity contribution in [3.05, 3.63) is 33.2 Å². The number of hydrogen-bond donors (Lipinski definition) is 1. The molecule has 0 amide bonds. The first-order valence-corrected chi connectivity index (χ1v) is 6.35. The number of hydrogen-bond acceptors (Lipinski definition) is 3. The summed E-state index contributed by atoms with van der Waals surface area (Å²) in [6.45, 7) is 5.40. The third-order valence-electron chi connectivity index (χ3n) is 3.02. The average molecular weight is 249 g/mol. The monoisotopic (exact) mass is 249 g/mol. The Bertz CT molecular complexity index is 523. The number of nitrogens with one attached hydrogen (secondary N) is 1. The second kappa shape index (κ2) is 4.59. The summed E-state index contributed by atoms with van der Waals surface area (Å²) in [7, 11) is 0. The quantitative estimate of drug-likeness (QED) is 0.776. The van der Waals surface area contributed by atoms with Gasteiger partial charge in [0.2, 0.25) is 0 Å². The molecule has 0 saturated heterocycles. The van der Waals surface area contributed by atoms with Crippen molar-refractivity contribution < 1.29 is 9.53 Å². The third kappa shape index (κ3) is 2.63. The topological polar surface area (TPSA) is 59.2 Å². The van der Waals surface area contributed by atoms with Crippen molar-refractivity contribution in [2.45, 2.75) is 52.1 Å². The highest BCUT2D eigenvalue weighted by atomic mass is 16.6. The van der Waals surface area contributed by atoms with E-state index in [0.29, 0.717) is 0 Å². The van der Waals surface area contributed by atoms with Crippen LogP contribution in [0, 0.1) is 0 Å². The third-order valence-corrected chi connectivity index (χ3v) is 3.02. The molecule has 18 heavy (non-hydrogen) atoms. The Morgan fingerprint density at radius 3 is 2.61 bits per heavy atom. The smallest absolute Gasteiger partial charge is 0.344 e. The summed E-state index contributed by atoms with van der Waals surface area (Å²) in [5.74, 6) is -0.512. The molecule has 0 fully saturated rings. The zero-order chi connectivity index (χ0) is 13.3. The highest BCUT2D eigenvalue weighted by Crippen LogP contribution is 2.23. The van der Waals surface area contributed by atoms with Crippen LogP contribution in [-0.4, -0.2) is 16.6 Å². The van der Waals surface area contributed by atoms with Crippen molar-refractivity contribution >= 4 is 5.97 Å². The van der Waals surface area contributed by atoms with Gasteiger partial charge in [-0.15, -0.1) is 0 Å². The summed E-state index contributed by atoms with van der Waals surface area (Å²) in [5.41, 5.74) is 1.22. The van der Waals surface area contributed by atoms with Gasteiger partial charge >= 0.3 is 5.97 Å². The van der Waals surface area contributed by atoms with Crippen LogP contribution in [0.2, 0.25) is 0 Å². The number of aromatic nitrogens is 1. The van der Waals surface area contributed by atoms with E-state index in [1.54, 1.807) is 27.0 Å². The van der Waals surface area contributed by atoms with Crippen LogP contribution in [0.15, 0.2) is 11.0 Å². The Balaban J connectivity index is 2.43. The van der Waals surface area contributed by atoms with Crippen LogP contribution in [-0.2, 0) is 17.6 Å². The van der Waals surface area contributed by atoms with Crippen molar-refractivity contribution in [3.63, 3.8) is 0 Å². The number of ether oxygens (including phenoxy) is 1. The number of esters is 1. The molecule has 0 unspecified atom stereocenters. The molecular weight excluding hydrogens is 230 g/mol. The van der Waals surface area contributed by atoms with Gasteiger partial charge in [-0.3, -0.25) is 4.79 Å². The lowest BCUT2D eigenvalue weighted by atomic mass is 9.90. The molecule has 4 heteroatoms. The summed E-state index contributed by atoms with van der Waals surface area (Å²) in [6, 6.07) is 0. The van der Waals surface area contributed by atoms with Crippen molar-refractivity contribution in [1.82, 2.24) is 4.98 Å². The largest absolute Gasteiger partial charge is 0.456 e. The minimum atomic E-state index is -0.582. The molecule has 1 aromatic rings. The van der Waals surface area contributed by atoms with E-state index in [1.807, 2.05) is 0 Å². The maximum Gasteiger partial charge on any atom is 0.344 e. The number of rotatable bonds is 1. The van der Waals surface area contributed by atoms with E-state index in [1.165, 1.54) is 0 Å². The Morgan fingerprint density at radius 1 is 1.28 bits per heavy atom. The number of H-pyrrole nitrogens is 1. The summed E-state index contributed by atoms with van der Waals surface area (Å²) in [5, 5.41) is 0. The average Bonchev–Trinajstić information content (AvgIpc) is 2.26. The predicted molar refractivity (Wildman–Crippen MR) is 68.9 cm³/mol. The Kier molecular flexibility index (Phi) is 3.28. The fourth-order valence-electron chi connectivity index (χ4n) is 2.28. The molecule has 1 aliphatic rings. The Labute approximate surface area is 106 Å². The lowest BCUT2D eigenvalue weighted by molar-refractivity contribution is 0.00659. The van der Waals surface area contributed by atoms with Gasteiger partial charge in [-0.25, -0.2) is 4.79 Å². The molecule has 0 aliphatic heterocycles. The number of pyridine rings is 1. The molecule has 0 spiro atoms. The zero-order valence-corrected chi connectivity index (χ0v) is 11.1. The summed E-state index contributed by atoms with van der Waals surface area (Å²) in [6.07, 6.45) is 5.56. The van der Waals surface area contributed by atoms with Gasteiger partial charge in [0.15, 0.2) is 0 Å². The number of aryl methyl sites for hydroxylation is 1. The maximum atomic E-state index is 12.1. The fourth-order valence-corrected chi connectivity index (χ4v) is 2.28. The molecule has 0 aromatic carbocycles. The molecule has 1 heterocycles. The fraction of sp³-hybridized carbons (Fsp3) is 0.571. The van der Waals surface area contributed by atoms with E-state index in [-0.39, 0.29) is 11.1 Å². The molecule has 0 bridgehead atoms. The van der Waals surface area contributed by atoms with Crippen molar-refractivity contribution in [2.75, 3.05) is 0 Å². The van der Waals surface area contributed by atoms with E-state index in [4.69, 9.17) is 4.74 Å². The van der Waals surface area contributed by atoms with Crippen LogP contribution in [0.1, 0.15) is 55.1 Å². The minimum absolute atomic E-state index is 0.196. The van der Waals surface area contributed by atoms with Crippen LogP contribution in [0.4, 0.5) is 0 Å². The summed E-state index contributed by atoms with van der Waals surface area (Å²) >= 11 is 0. The molecule has 0 saturated carbocycles. The molecular formula is C14H19NO3. The standard InChI is InChI=1S/C14H19NO3/c1-14(2,3)18-13(17)11-10-7-5-4-6-9(10)8-15-12(11)16/h8H,4-7H2,1-3H3,(H,15,16). The second-order valence-corrected chi connectivity index (χ2v) is 5.71. The van der Waals surface area contributed by atoms with Gasteiger partial charge in [0, 0.05) is 6.20 Å². The van der Waals surface area contributed by atoms with E-state index in [2.05, 4.69) is 4.98 Å². The Morgan fingerprint density at radius 2 is 1.94 bits per heavy atom. The van der Waals surface area contributed by atoms with Gasteiger partial charge in [0.25, 0.3) is 5.56 Å². The molecule has 1 aromatic heterocycles. The van der Waals surface area contributed by atoms with Crippen LogP contribution in [0.25, 0.3) is 0 Å². The normalized spacial score (nSPS) is 15.1. The van der Waals surface area contributed by atoms with Crippen LogP contribution in [0.3, 0.4) is 0 Å². The molecule has 0 atom stereocenters. The van der Waals surface area contributed by atoms with Gasteiger partial charge in [0.1, 0.15) is 11.2 Å². The van der Waals surface area contributed by atoms with Gasteiger partial charge in [-0.2, -0.15) is 0 Å². The molecule has 0 radical (unpaired) electrons. The van der Waals surface area contributed by atoms with Crippen LogP contribution >= 0.6 is 0 Å². The Hall–Kier alpha value is -1.58. The van der Waals surface area contributed by atoms with Gasteiger partial charge in [-0.05, 0) is 57.6 Å². The van der Waals surface area contributed by atoms with Gasteiger partial charge < -0.3 is 9.72 Å². The van der Waals surface area contributed by atoms with E-state index >= 15 is 0 Å². The highest BCUT2D eigenvalue weighted by Gasteiger charge is 2.25. The molecule has 1 aliphatic carbocycles. The molecule has 98 valence electrons. The first-order chi connectivity index (χ1) is 8.38. The minimum Gasteiger partial charge on any atom is -0.456 e. The maximum absolute atomic E-state index is 12.1. The van der Waals surface area contributed by atoms with Crippen LogP contribution < -0.4 is 5.56 Å². The van der Waals surface area contributed by atoms with Gasteiger partial charge in [-0.1, -0.05) is 0 Å². The van der Waals surface area contributed by atoms with Crippen molar-refractivity contribution in [2.24, 2.45) is 0 Å². The SMILES string of the molecule is CC(C)(C)OC(=O)c1c2c(c[nH]c1=O)CCCC2. The second-order valence-electron chi connectivity index (χ2n) is 5.71. The number of carbonyl (C=O) groups excluding carboxylic acids is 1. The molecule has 2 rings (SSSR count). The van der Waals surface area contributed by atoms with E-state index in [0.717, 1.165) is 36.8 Å². The van der Waals surface area contributed by atoms with Crippen molar-refractivity contribution in [3.8, 4) is 0 Å². The summed E-state index contributed by atoms with van der Waals surface area (Å²) < 4.78 is 5.31. The summed E-state index contributed by atoms with van der Waals surface area (Å²) in [4.78, 5) is 26.6.